The van der Waals surface area contributed by atoms with Gasteiger partial charge in [0, 0.05) is 19.3 Å². The van der Waals surface area contributed by atoms with Gasteiger partial charge in [-0.25, -0.2) is 0 Å². The van der Waals surface area contributed by atoms with Gasteiger partial charge in [0.15, 0.2) is 0 Å². The average molecular weight is 257 g/mol. The Morgan fingerprint density at radius 3 is 2.50 bits per heavy atom. The molecule has 0 aliphatic carbocycles. The average Bonchev–Trinajstić information content (AvgIpc) is 2.25. The van der Waals surface area contributed by atoms with E-state index in [1.165, 1.54) is 0 Å². The van der Waals surface area contributed by atoms with Gasteiger partial charge in [-0.3, -0.25) is 4.79 Å². The Bertz CT molecular complexity index is 247. The summed E-state index contributed by atoms with van der Waals surface area (Å²) in [6.07, 6.45) is 4.36. The minimum atomic E-state index is -0.0785. The van der Waals surface area contributed by atoms with Crippen molar-refractivity contribution in [1.29, 1.82) is 0 Å². The number of carbonyl (C=O) groups is 1. The second-order valence-electron chi connectivity index (χ2n) is 5.56. The van der Waals surface area contributed by atoms with Crippen LogP contribution in [0.5, 0.6) is 0 Å². The maximum absolute atomic E-state index is 11.7. The molecule has 1 saturated heterocycles. The van der Waals surface area contributed by atoms with Crippen LogP contribution in [0.4, 0.5) is 0 Å². The van der Waals surface area contributed by atoms with Crippen LogP contribution in [0.15, 0.2) is 0 Å². The molecular weight excluding hydrogens is 230 g/mol. The van der Waals surface area contributed by atoms with Crippen LogP contribution in [0.25, 0.3) is 0 Å². The Morgan fingerprint density at radius 2 is 1.94 bits per heavy atom. The molecule has 4 nitrogen and oxygen atoms in total. The fourth-order valence-electron chi connectivity index (χ4n) is 2.48. The van der Waals surface area contributed by atoms with Crippen molar-refractivity contribution in [2.75, 3.05) is 6.54 Å². The lowest BCUT2D eigenvalue weighted by Crippen LogP contribution is -2.35. The zero-order valence-corrected chi connectivity index (χ0v) is 11.9. The molecule has 0 amide bonds. The molecule has 0 spiro atoms. The first kappa shape index (κ1) is 15.4. The highest BCUT2D eigenvalue weighted by Gasteiger charge is 2.27. The van der Waals surface area contributed by atoms with Crippen LogP contribution < -0.4 is 5.73 Å². The van der Waals surface area contributed by atoms with Gasteiger partial charge in [-0.1, -0.05) is 6.92 Å². The molecule has 1 heterocycles. The van der Waals surface area contributed by atoms with Gasteiger partial charge in [0.05, 0.1) is 12.2 Å². The lowest BCUT2D eigenvalue weighted by molar-refractivity contribution is -0.159. The zero-order chi connectivity index (χ0) is 13.5. The van der Waals surface area contributed by atoms with Gasteiger partial charge >= 0.3 is 5.97 Å². The summed E-state index contributed by atoms with van der Waals surface area (Å²) in [6.45, 7) is 6.86. The highest BCUT2D eigenvalue weighted by molar-refractivity contribution is 5.69. The lowest BCUT2D eigenvalue weighted by Gasteiger charge is -2.31. The van der Waals surface area contributed by atoms with Gasteiger partial charge in [0.1, 0.15) is 6.10 Å². The van der Waals surface area contributed by atoms with Crippen LogP contribution in [0.2, 0.25) is 0 Å². The second kappa shape index (κ2) is 7.74. The number of ether oxygens (including phenoxy) is 2. The Balaban J connectivity index is 2.23. The van der Waals surface area contributed by atoms with Crippen LogP contribution in [-0.4, -0.2) is 30.8 Å². The van der Waals surface area contributed by atoms with Gasteiger partial charge in [-0.15, -0.1) is 0 Å². The van der Waals surface area contributed by atoms with Crippen LogP contribution >= 0.6 is 0 Å². The maximum atomic E-state index is 11.7. The molecular formula is C14H27NO3. The van der Waals surface area contributed by atoms with Crippen molar-refractivity contribution in [3.05, 3.63) is 0 Å². The highest BCUT2D eigenvalue weighted by atomic mass is 16.6. The SMILES string of the molecule is CC(CCN)CCC(=O)OC1CC(C)OC(C)C1. The molecule has 0 bridgehead atoms. The monoisotopic (exact) mass is 257 g/mol. The minimum Gasteiger partial charge on any atom is -0.462 e. The zero-order valence-electron chi connectivity index (χ0n) is 11.9. The van der Waals surface area contributed by atoms with Crippen molar-refractivity contribution >= 4 is 5.97 Å². The Labute approximate surface area is 110 Å². The van der Waals surface area contributed by atoms with Gasteiger partial charge in [-0.05, 0) is 39.2 Å². The normalized spacial score (nSPS) is 29.9. The van der Waals surface area contributed by atoms with E-state index in [0.717, 1.165) is 25.7 Å². The molecule has 106 valence electrons. The molecule has 1 aliphatic rings. The van der Waals surface area contributed by atoms with Crippen molar-refractivity contribution in [2.24, 2.45) is 11.7 Å². The molecule has 0 radical (unpaired) electrons. The second-order valence-corrected chi connectivity index (χ2v) is 5.56. The van der Waals surface area contributed by atoms with Gasteiger partial charge < -0.3 is 15.2 Å². The van der Waals surface area contributed by atoms with Crippen molar-refractivity contribution in [1.82, 2.24) is 0 Å². The molecule has 3 atom stereocenters. The number of hydrogen-bond donors (Lipinski definition) is 1. The predicted octanol–water partition coefficient (Wildman–Crippen LogP) is 2.25. The first-order chi connectivity index (χ1) is 8.51. The number of rotatable bonds is 6. The topological polar surface area (TPSA) is 61.6 Å². The van der Waals surface area contributed by atoms with Gasteiger partial charge in [-0.2, -0.15) is 0 Å². The number of esters is 1. The fraction of sp³-hybridized carbons (Fsp3) is 0.929. The summed E-state index contributed by atoms with van der Waals surface area (Å²) in [6, 6.07) is 0. The van der Waals surface area contributed by atoms with E-state index in [4.69, 9.17) is 15.2 Å². The summed E-state index contributed by atoms with van der Waals surface area (Å²) in [4.78, 5) is 11.7. The first-order valence-corrected chi connectivity index (χ1v) is 7.06. The van der Waals surface area contributed by atoms with Crippen LogP contribution in [0.3, 0.4) is 0 Å². The van der Waals surface area contributed by atoms with Crippen LogP contribution in [-0.2, 0) is 14.3 Å². The summed E-state index contributed by atoms with van der Waals surface area (Å²) in [5.74, 6) is 0.417. The molecule has 1 aliphatic heterocycles. The van der Waals surface area contributed by atoms with E-state index in [1.54, 1.807) is 0 Å². The molecule has 2 N–H and O–H groups in total. The molecule has 1 fully saturated rings. The molecule has 1 rings (SSSR count). The third-order valence-corrected chi connectivity index (χ3v) is 3.45. The van der Waals surface area contributed by atoms with E-state index in [1.807, 2.05) is 13.8 Å². The van der Waals surface area contributed by atoms with E-state index < -0.39 is 0 Å². The smallest absolute Gasteiger partial charge is 0.306 e. The molecule has 0 aromatic rings. The lowest BCUT2D eigenvalue weighted by atomic mass is 10.0. The summed E-state index contributed by atoms with van der Waals surface area (Å²) in [5, 5.41) is 0. The minimum absolute atomic E-state index is 0.0288. The molecule has 0 aromatic heterocycles. The molecule has 0 aromatic carbocycles. The molecule has 18 heavy (non-hydrogen) atoms. The maximum Gasteiger partial charge on any atom is 0.306 e. The molecule has 0 saturated carbocycles. The van der Waals surface area contributed by atoms with Crippen molar-refractivity contribution in [3.8, 4) is 0 Å². The third kappa shape index (κ3) is 5.83. The predicted molar refractivity (Wildman–Crippen MR) is 71.2 cm³/mol. The van der Waals surface area contributed by atoms with Crippen molar-refractivity contribution in [2.45, 2.75) is 71.2 Å². The van der Waals surface area contributed by atoms with E-state index in [9.17, 15) is 4.79 Å². The van der Waals surface area contributed by atoms with E-state index in [-0.39, 0.29) is 24.3 Å². The molecule has 3 unspecified atom stereocenters. The van der Waals surface area contributed by atoms with Crippen molar-refractivity contribution in [3.63, 3.8) is 0 Å². The van der Waals surface area contributed by atoms with E-state index in [2.05, 4.69) is 6.92 Å². The molecule has 4 heteroatoms. The van der Waals surface area contributed by atoms with Gasteiger partial charge in [0.25, 0.3) is 0 Å². The number of nitrogens with two attached hydrogens (primary N) is 1. The van der Waals surface area contributed by atoms with Crippen LogP contribution in [0, 0.1) is 5.92 Å². The van der Waals surface area contributed by atoms with Crippen LogP contribution in [0.1, 0.15) is 52.9 Å². The fourth-order valence-corrected chi connectivity index (χ4v) is 2.48. The van der Waals surface area contributed by atoms with Crippen molar-refractivity contribution < 1.29 is 14.3 Å². The quantitative estimate of drug-likeness (QED) is 0.741. The Morgan fingerprint density at radius 1 is 1.33 bits per heavy atom. The number of carbonyl (C=O) groups excluding carboxylic acids is 1. The summed E-state index contributed by atoms with van der Waals surface area (Å²) in [7, 11) is 0. The van der Waals surface area contributed by atoms with E-state index in [0.29, 0.717) is 18.9 Å². The standard InChI is InChI=1S/C14H27NO3/c1-10(6-7-15)4-5-14(16)18-13-8-11(2)17-12(3)9-13/h10-13H,4-9,15H2,1-3H3. The Hall–Kier alpha value is -0.610. The summed E-state index contributed by atoms with van der Waals surface area (Å²) < 4.78 is 11.1. The first-order valence-electron chi connectivity index (χ1n) is 7.06. The Kier molecular flexibility index (Phi) is 6.65. The highest BCUT2D eigenvalue weighted by Crippen LogP contribution is 2.22. The third-order valence-electron chi connectivity index (χ3n) is 3.45. The summed E-state index contributed by atoms with van der Waals surface area (Å²) in [5.41, 5.74) is 5.49. The van der Waals surface area contributed by atoms with Gasteiger partial charge in [0.2, 0.25) is 0 Å². The number of hydrogen-bond acceptors (Lipinski definition) is 4. The largest absolute Gasteiger partial charge is 0.462 e. The summed E-state index contributed by atoms with van der Waals surface area (Å²) >= 11 is 0. The van der Waals surface area contributed by atoms with E-state index >= 15 is 0 Å².